The Labute approximate surface area is 137 Å². The molecule has 1 atom stereocenters. The van der Waals surface area contributed by atoms with E-state index >= 15 is 0 Å². The summed E-state index contributed by atoms with van der Waals surface area (Å²) in [4.78, 5) is 19.9. The van der Waals surface area contributed by atoms with Crippen molar-refractivity contribution in [3.63, 3.8) is 0 Å². The van der Waals surface area contributed by atoms with Crippen LogP contribution in [0.25, 0.3) is 0 Å². The number of rotatable bonds is 5. The second-order valence-electron chi connectivity index (χ2n) is 6.19. The third kappa shape index (κ3) is 4.22. The van der Waals surface area contributed by atoms with E-state index in [2.05, 4.69) is 30.2 Å². The lowest BCUT2D eigenvalue weighted by molar-refractivity contribution is 0.166. The molecule has 2 aromatic rings. The average molecular weight is 312 g/mol. The molecule has 1 aliphatic heterocycles. The molecule has 0 radical (unpaired) electrons. The van der Waals surface area contributed by atoms with Crippen LogP contribution >= 0.6 is 0 Å². The van der Waals surface area contributed by atoms with Crippen LogP contribution in [0.4, 0.5) is 5.82 Å². The van der Waals surface area contributed by atoms with Gasteiger partial charge in [0.2, 0.25) is 0 Å². The fourth-order valence-corrected chi connectivity index (χ4v) is 3.22. The Morgan fingerprint density at radius 2 is 1.96 bits per heavy atom. The molecule has 0 amide bonds. The maximum atomic E-state index is 4.50. The third-order valence-corrected chi connectivity index (χ3v) is 4.34. The Balaban J connectivity index is 1.60. The van der Waals surface area contributed by atoms with Crippen molar-refractivity contribution < 1.29 is 0 Å². The summed E-state index contributed by atoms with van der Waals surface area (Å²) in [5, 5.41) is 3.14. The predicted molar refractivity (Wildman–Crippen MR) is 90.1 cm³/mol. The van der Waals surface area contributed by atoms with Crippen LogP contribution < -0.4 is 5.32 Å². The van der Waals surface area contributed by atoms with E-state index in [0.717, 1.165) is 43.4 Å². The lowest BCUT2D eigenvalue weighted by Crippen LogP contribution is -2.36. The van der Waals surface area contributed by atoms with Gasteiger partial charge in [0, 0.05) is 50.5 Å². The Morgan fingerprint density at radius 1 is 1.17 bits per heavy atom. The van der Waals surface area contributed by atoms with Crippen molar-refractivity contribution >= 4 is 5.82 Å². The maximum absolute atomic E-state index is 4.50. The monoisotopic (exact) mass is 312 g/mol. The number of hydrogen-bond acceptors (Lipinski definition) is 6. The molecule has 0 bridgehead atoms. The molecule has 6 nitrogen and oxygen atoms in total. The van der Waals surface area contributed by atoms with Crippen LogP contribution in [0.2, 0.25) is 0 Å². The molecule has 6 heteroatoms. The standard InChI is InChI=1S/C17H24N6/c1-13-21-9-15(10-22-13)12-23-7-3-4-14(11-23)8-16-17(18-2)20-6-5-19-16/h5-6,9-10,14H,3-4,7-8,11-12H2,1-2H3,(H,18,20)/t14-/m1/s1. The van der Waals surface area contributed by atoms with Crippen LogP contribution in [-0.4, -0.2) is 45.0 Å². The summed E-state index contributed by atoms with van der Waals surface area (Å²) in [7, 11) is 1.90. The number of nitrogens with one attached hydrogen (secondary N) is 1. The number of aromatic nitrogens is 4. The fraction of sp³-hybridized carbons (Fsp3) is 0.529. The van der Waals surface area contributed by atoms with E-state index < -0.39 is 0 Å². The Bertz CT molecular complexity index is 627. The first-order chi connectivity index (χ1) is 11.2. The molecular weight excluding hydrogens is 288 g/mol. The Kier molecular flexibility index (Phi) is 5.12. The topological polar surface area (TPSA) is 66.8 Å². The molecule has 0 saturated carbocycles. The second-order valence-corrected chi connectivity index (χ2v) is 6.19. The molecular formula is C17H24N6. The zero-order valence-electron chi connectivity index (χ0n) is 13.9. The average Bonchev–Trinajstić information content (AvgIpc) is 2.58. The zero-order valence-corrected chi connectivity index (χ0v) is 13.9. The van der Waals surface area contributed by atoms with Gasteiger partial charge in [0.05, 0.1) is 5.69 Å². The molecule has 122 valence electrons. The van der Waals surface area contributed by atoms with Crippen molar-refractivity contribution in [3.8, 4) is 0 Å². The van der Waals surface area contributed by atoms with E-state index in [1.54, 1.807) is 12.4 Å². The molecule has 2 aromatic heterocycles. The van der Waals surface area contributed by atoms with E-state index in [1.807, 2.05) is 26.4 Å². The van der Waals surface area contributed by atoms with Gasteiger partial charge in [0.25, 0.3) is 0 Å². The van der Waals surface area contributed by atoms with Gasteiger partial charge in [0.15, 0.2) is 0 Å². The molecule has 3 heterocycles. The fourth-order valence-electron chi connectivity index (χ4n) is 3.22. The smallest absolute Gasteiger partial charge is 0.147 e. The zero-order chi connectivity index (χ0) is 16.1. The summed E-state index contributed by atoms with van der Waals surface area (Å²) in [5.41, 5.74) is 2.26. The van der Waals surface area contributed by atoms with E-state index in [-0.39, 0.29) is 0 Å². The van der Waals surface area contributed by atoms with Crippen molar-refractivity contribution in [1.82, 2.24) is 24.8 Å². The summed E-state index contributed by atoms with van der Waals surface area (Å²) >= 11 is 0. The minimum atomic E-state index is 0.624. The van der Waals surface area contributed by atoms with Gasteiger partial charge in [0.1, 0.15) is 11.6 Å². The predicted octanol–water partition coefficient (Wildman–Crippen LogP) is 2.07. The van der Waals surface area contributed by atoms with Crippen LogP contribution in [0.3, 0.4) is 0 Å². The number of piperidine rings is 1. The normalized spacial score (nSPS) is 18.8. The van der Waals surface area contributed by atoms with Gasteiger partial charge >= 0.3 is 0 Å². The lowest BCUT2D eigenvalue weighted by Gasteiger charge is -2.32. The highest BCUT2D eigenvalue weighted by Crippen LogP contribution is 2.23. The third-order valence-electron chi connectivity index (χ3n) is 4.34. The van der Waals surface area contributed by atoms with Crippen LogP contribution in [0.1, 0.15) is 29.9 Å². The van der Waals surface area contributed by atoms with Crippen molar-refractivity contribution in [2.24, 2.45) is 5.92 Å². The molecule has 1 saturated heterocycles. The second kappa shape index (κ2) is 7.46. The minimum Gasteiger partial charge on any atom is -0.372 e. The van der Waals surface area contributed by atoms with Gasteiger partial charge in [-0.15, -0.1) is 0 Å². The van der Waals surface area contributed by atoms with Gasteiger partial charge < -0.3 is 5.32 Å². The quantitative estimate of drug-likeness (QED) is 0.911. The van der Waals surface area contributed by atoms with Crippen LogP contribution in [0, 0.1) is 12.8 Å². The van der Waals surface area contributed by atoms with Crippen LogP contribution in [-0.2, 0) is 13.0 Å². The van der Waals surface area contributed by atoms with E-state index in [9.17, 15) is 0 Å². The molecule has 1 aliphatic rings. The molecule has 0 unspecified atom stereocenters. The van der Waals surface area contributed by atoms with Gasteiger partial charge in [-0.25, -0.2) is 15.0 Å². The van der Waals surface area contributed by atoms with Gasteiger partial charge in [-0.2, -0.15) is 0 Å². The van der Waals surface area contributed by atoms with Crippen molar-refractivity contribution in [1.29, 1.82) is 0 Å². The van der Waals surface area contributed by atoms with Gasteiger partial charge in [-0.05, 0) is 38.6 Å². The summed E-state index contributed by atoms with van der Waals surface area (Å²) in [6.45, 7) is 5.08. The van der Waals surface area contributed by atoms with Crippen molar-refractivity contribution in [2.75, 3.05) is 25.5 Å². The summed E-state index contributed by atoms with van der Waals surface area (Å²) in [6, 6.07) is 0. The molecule has 0 aliphatic carbocycles. The highest BCUT2D eigenvalue weighted by Gasteiger charge is 2.22. The molecule has 3 rings (SSSR count). The Hall–Kier alpha value is -2.08. The molecule has 23 heavy (non-hydrogen) atoms. The lowest BCUT2D eigenvalue weighted by atomic mass is 9.93. The van der Waals surface area contributed by atoms with Crippen molar-refractivity contribution in [2.45, 2.75) is 32.7 Å². The molecule has 1 N–H and O–H groups in total. The van der Waals surface area contributed by atoms with Gasteiger partial charge in [-0.1, -0.05) is 0 Å². The first-order valence-electron chi connectivity index (χ1n) is 8.22. The number of hydrogen-bond donors (Lipinski definition) is 1. The molecule has 0 spiro atoms. The van der Waals surface area contributed by atoms with E-state index in [0.29, 0.717) is 5.92 Å². The first kappa shape index (κ1) is 15.8. The van der Waals surface area contributed by atoms with E-state index in [4.69, 9.17) is 0 Å². The summed E-state index contributed by atoms with van der Waals surface area (Å²) in [6.07, 6.45) is 10.8. The minimum absolute atomic E-state index is 0.624. The van der Waals surface area contributed by atoms with E-state index in [1.165, 1.54) is 18.4 Å². The number of nitrogens with zero attached hydrogens (tertiary/aromatic N) is 5. The SMILES string of the molecule is CNc1nccnc1C[C@H]1CCCN(Cc2cnc(C)nc2)C1. The summed E-state index contributed by atoms with van der Waals surface area (Å²) in [5.74, 6) is 2.35. The van der Waals surface area contributed by atoms with Crippen LogP contribution in [0.15, 0.2) is 24.8 Å². The number of likely N-dealkylation sites (tertiary alicyclic amines) is 1. The highest BCUT2D eigenvalue weighted by molar-refractivity contribution is 5.38. The maximum Gasteiger partial charge on any atom is 0.147 e. The Morgan fingerprint density at radius 3 is 2.74 bits per heavy atom. The van der Waals surface area contributed by atoms with Crippen molar-refractivity contribution in [3.05, 3.63) is 41.9 Å². The molecule has 0 aromatic carbocycles. The van der Waals surface area contributed by atoms with Crippen LogP contribution in [0.5, 0.6) is 0 Å². The molecule has 1 fully saturated rings. The highest BCUT2D eigenvalue weighted by atomic mass is 15.1. The number of aryl methyl sites for hydroxylation is 1. The van der Waals surface area contributed by atoms with Gasteiger partial charge in [-0.3, -0.25) is 9.88 Å². The first-order valence-corrected chi connectivity index (χ1v) is 8.22. The largest absolute Gasteiger partial charge is 0.372 e. The summed E-state index contributed by atoms with van der Waals surface area (Å²) < 4.78 is 0. The number of anilines is 1.